The Labute approximate surface area is 99.6 Å². The summed E-state index contributed by atoms with van der Waals surface area (Å²) in [7, 11) is 2.03. The lowest BCUT2D eigenvalue weighted by atomic mass is 10.3. The van der Waals surface area contributed by atoms with Crippen molar-refractivity contribution in [3.63, 3.8) is 0 Å². The molecule has 0 aromatic carbocycles. The normalized spacial score (nSPS) is 16.3. The van der Waals surface area contributed by atoms with E-state index in [2.05, 4.69) is 38.9 Å². The maximum Gasteiger partial charge on any atom is 0.0597 e. The molecule has 1 aromatic rings. The minimum Gasteiger partial charge on any atom is -0.294 e. The van der Waals surface area contributed by atoms with Crippen molar-refractivity contribution >= 4 is 15.9 Å². The molecule has 2 rings (SSSR count). The molecule has 1 fully saturated rings. The maximum absolute atomic E-state index is 4.38. The molecule has 1 aliphatic rings. The van der Waals surface area contributed by atoms with Gasteiger partial charge in [-0.05, 0) is 25.8 Å². The smallest absolute Gasteiger partial charge is 0.0597 e. The minimum atomic E-state index is 0.817. The highest BCUT2D eigenvalue weighted by atomic mass is 79.9. The highest BCUT2D eigenvalue weighted by Crippen LogP contribution is 2.28. The zero-order valence-electron chi connectivity index (χ0n) is 9.41. The lowest BCUT2D eigenvalue weighted by molar-refractivity contribution is 0.265. The van der Waals surface area contributed by atoms with E-state index in [1.807, 2.05) is 11.7 Å². The topological polar surface area (TPSA) is 21.1 Å². The molecule has 4 heteroatoms. The van der Waals surface area contributed by atoms with Crippen LogP contribution in [0.15, 0.2) is 6.07 Å². The van der Waals surface area contributed by atoms with Gasteiger partial charge in [-0.1, -0.05) is 15.9 Å². The van der Waals surface area contributed by atoms with Gasteiger partial charge < -0.3 is 0 Å². The lowest BCUT2D eigenvalue weighted by Crippen LogP contribution is -2.28. The van der Waals surface area contributed by atoms with E-state index in [4.69, 9.17) is 0 Å². The number of aryl methyl sites for hydroxylation is 2. The molecule has 0 spiro atoms. The third-order valence-corrected chi connectivity index (χ3v) is 3.25. The van der Waals surface area contributed by atoms with Crippen molar-refractivity contribution in [1.29, 1.82) is 0 Å². The van der Waals surface area contributed by atoms with Crippen molar-refractivity contribution in [1.82, 2.24) is 14.7 Å². The Kier molecular flexibility index (Phi) is 3.46. The van der Waals surface area contributed by atoms with Gasteiger partial charge in [0.1, 0.15) is 0 Å². The third kappa shape index (κ3) is 2.82. The molecule has 0 atom stereocenters. The van der Waals surface area contributed by atoms with E-state index >= 15 is 0 Å². The highest BCUT2D eigenvalue weighted by Gasteiger charge is 2.28. The molecule has 3 nitrogen and oxygen atoms in total. The molecule has 0 N–H and O–H groups in total. The van der Waals surface area contributed by atoms with Crippen LogP contribution in [0.1, 0.15) is 24.2 Å². The highest BCUT2D eigenvalue weighted by molar-refractivity contribution is 9.09. The Morgan fingerprint density at radius 2 is 2.33 bits per heavy atom. The second kappa shape index (κ2) is 4.66. The van der Waals surface area contributed by atoms with E-state index in [9.17, 15) is 0 Å². The molecule has 1 aromatic heterocycles. The van der Waals surface area contributed by atoms with E-state index in [-0.39, 0.29) is 0 Å². The monoisotopic (exact) mass is 271 g/mol. The van der Waals surface area contributed by atoms with Crippen molar-refractivity contribution in [2.75, 3.05) is 11.9 Å². The summed E-state index contributed by atoms with van der Waals surface area (Å²) in [5, 5.41) is 5.44. The predicted molar refractivity (Wildman–Crippen MR) is 65.2 cm³/mol. The Bertz CT molecular complexity index is 331. The van der Waals surface area contributed by atoms with Gasteiger partial charge in [0.05, 0.1) is 11.4 Å². The van der Waals surface area contributed by atoms with Crippen LogP contribution in [-0.2, 0) is 13.6 Å². The Hall–Kier alpha value is -0.350. The summed E-state index contributed by atoms with van der Waals surface area (Å²) in [4.78, 5) is 2.55. The summed E-state index contributed by atoms with van der Waals surface area (Å²) in [5.74, 6) is 0. The molecule has 0 aliphatic heterocycles. The van der Waals surface area contributed by atoms with E-state index in [1.54, 1.807) is 0 Å². The van der Waals surface area contributed by atoms with Gasteiger partial charge in [0.15, 0.2) is 0 Å². The molecule has 1 heterocycles. The van der Waals surface area contributed by atoms with Crippen molar-refractivity contribution in [3.8, 4) is 0 Å². The first-order valence-electron chi connectivity index (χ1n) is 5.50. The number of halogens is 1. The maximum atomic E-state index is 4.38. The fraction of sp³-hybridized carbons (Fsp3) is 0.727. The lowest BCUT2D eigenvalue weighted by Gasteiger charge is -2.20. The molecule has 0 amide bonds. The second-order valence-electron chi connectivity index (χ2n) is 4.29. The van der Waals surface area contributed by atoms with Gasteiger partial charge in [0.2, 0.25) is 0 Å². The van der Waals surface area contributed by atoms with Crippen molar-refractivity contribution in [2.24, 2.45) is 7.05 Å². The van der Waals surface area contributed by atoms with Gasteiger partial charge in [0.25, 0.3) is 0 Å². The van der Waals surface area contributed by atoms with E-state index in [1.165, 1.54) is 18.5 Å². The van der Waals surface area contributed by atoms with Crippen LogP contribution in [0, 0.1) is 6.92 Å². The van der Waals surface area contributed by atoms with Gasteiger partial charge in [-0.2, -0.15) is 5.10 Å². The molecule has 0 unspecified atom stereocenters. The number of nitrogens with zero attached hydrogens (tertiary/aromatic N) is 3. The second-order valence-corrected chi connectivity index (χ2v) is 5.08. The summed E-state index contributed by atoms with van der Waals surface area (Å²) < 4.78 is 2.00. The van der Waals surface area contributed by atoms with Crippen LogP contribution in [0.2, 0.25) is 0 Å². The van der Waals surface area contributed by atoms with Crippen molar-refractivity contribution in [3.05, 3.63) is 17.5 Å². The molecule has 0 bridgehead atoms. The Morgan fingerprint density at radius 1 is 1.60 bits per heavy atom. The van der Waals surface area contributed by atoms with E-state index in [0.717, 1.165) is 30.2 Å². The van der Waals surface area contributed by atoms with Crippen molar-refractivity contribution < 1.29 is 0 Å². The van der Waals surface area contributed by atoms with Gasteiger partial charge >= 0.3 is 0 Å². The van der Waals surface area contributed by atoms with Gasteiger partial charge in [-0.3, -0.25) is 9.58 Å². The Morgan fingerprint density at radius 3 is 2.80 bits per heavy atom. The zero-order chi connectivity index (χ0) is 10.8. The summed E-state index contributed by atoms with van der Waals surface area (Å²) in [5.41, 5.74) is 2.43. The SMILES string of the molecule is Cc1cc(CN(CCBr)C2CC2)n(C)n1. The fourth-order valence-corrected chi connectivity index (χ4v) is 2.41. The average molecular weight is 272 g/mol. The van der Waals surface area contributed by atoms with E-state index < -0.39 is 0 Å². The first-order valence-corrected chi connectivity index (χ1v) is 6.62. The standard InChI is InChI=1S/C11H18BrN3/c1-9-7-11(14(2)13-9)8-15(6-5-12)10-3-4-10/h7,10H,3-6,8H2,1-2H3. The summed E-state index contributed by atoms with van der Waals surface area (Å²) in [6, 6.07) is 3.00. The zero-order valence-corrected chi connectivity index (χ0v) is 11.0. The average Bonchev–Trinajstić information content (AvgIpc) is 2.94. The molecule has 0 radical (unpaired) electrons. The first-order chi connectivity index (χ1) is 7.20. The van der Waals surface area contributed by atoms with Crippen LogP contribution >= 0.6 is 15.9 Å². The minimum absolute atomic E-state index is 0.817. The third-order valence-electron chi connectivity index (χ3n) is 2.90. The summed E-state index contributed by atoms with van der Waals surface area (Å²) in [6.45, 7) is 4.22. The number of alkyl halides is 1. The van der Waals surface area contributed by atoms with Gasteiger partial charge in [-0.15, -0.1) is 0 Å². The quantitative estimate of drug-likeness (QED) is 0.765. The number of hydrogen-bond donors (Lipinski definition) is 0. The number of aromatic nitrogens is 2. The number of hydrogen-bond acceptors (Lipinski definition) is 2. The fourth-order valence-electron chi connectivity index (χ4n) is 1.96. The molecule has 0 saturated heterocycles. The van der Waals surface area contributed by atoms with Gasteiger partial charge in [-0.25, -0.2) is 0 Å². The van der Waals surface area contributed by atoms with Crippen molar-refractivity contribution in [2.45, 2.75) is 32.4 Å². The molecule has 1 saturated carbocycles. The molecule has 15 heavy (non-hydrogen) atoms. The predicted octanol–water partition coefficient (Wildman–Crippen LogP) is 2.09. The largest absolute Gasteiger partial charge is 0.294 e. The molecular weight excluding hydrogens is 254 g/mol. The van der Waals surface area contributed by atoms with Crippen LogP contribution in [0.5, 0.6) is 0 Å². The molecule has 1 aliphatic carbocycles. The van der Waals surface area contributed by atoms with Crippen LogP contribution in [-0.4, -0.2) is 32.6 Å². The molecule has 84 valence electrons. The number of rotatable bonds is 5. The first kappa shape index (κ1) is 11.1. The Balaban J connectivity index is 2.01. The molecular formula is C11H18BrN3. The van der Waals surface area contributed by atoms with Gasteiger partial charge in [0, 0.05) is 31.5 Å². The van der Waals surface area contributed by atoms with Crippen LogP contribution < -0.4 is 0 Å². The van der Waals surface area contributed by atoms with Crippen LogP contribution in [0.3, 0.4) is 0 Å². The summed E-state index contributed by atoms with van der Waals surface area (Å²) in [6.07, 6.45) is 2.73. The van der Waals surface area contributed by atoms with E-state index in [0.29, 0.717) is 0 Å². The van der Waals surface area contributed by atoms with Crippen LogP contribution in [0.4, 0.5) is 0 Å². The summed E-state index contributed by atoms with van der Waals surface area (Å²) >= 11 is 3.52. The van der Waals surface area contributed by atoms with Crippen LogP contribution in [0.25, 0.3) is 0 Å².